The zero-order chi connectivity index (χ0) is 13.2. The maximum Gasteiger partial charge on any atom is 0.220 e. The van der Waals surface area contributed by atoms with Crippen molar-refractivity contribution >= 4 is 21.8 Å². The first kappa shape index (κ1) is 14.5. The minimum atomic E-state index is -0.0832. The van der Waals surface area contributed by atoms with Crippen molar-refractivity contribution in [1.29, 1.82) is 5.26 Å². The lowest BCUT2D eigenvalue weighted by Crippen LogP contribution is -2.23. The van der Waals surface area contributed by atoms with Crippen molar-refractivity contribution in [2.24, 2.45) is 0 Å². The van der Waals surface area contributed by atoms with Crippen molar-refractivity contribution in [2.45, 2.75) is 19.3 Å². The molecule has 0 saturated heterocycles. The second-order valence-corrected chi connectivity index (χ2v) is 4.61. The van der Waals surface area contributed by atoms with Gasteiger partial charge in [-0.3, -0.25) is 4.79 Å². The number of benzene rings is 1. The summed E-state index contributed by atoms with van der Waals surface area (Å²) in [7, 11) is 0. The lowest BCUT2D eigenvalue weighted by molar-refractivity contribution is -0.120. The highest BCUT2D eigenvalue weighted by Crippen LogP contribution is 2.16. The topological polar surface area (TPSA) is 62.1 Å². The molecule has 0 bridgehead atoms. The first-order chi connectivity index (χ1) is 8.72. The largest absolute Gasteiger partial charge is 0.494 e. The van der Waals surface area contributed by atoms with E-state index in [-0.39, 0.29) is 12.5 Å². The summed E-state index contributed by atoms with van der Waals surface area (Å²) in [6.45, 7) is 0.668. The lowest BCUT2D eigenvalue weighted by atomic mass is 10.2. The quantitative estimate of drug-likeness (QED) is 0.622. The predicted molar refractivity (Wildman–Crippen MR) is 72.1 cm³/mol. The van der Waals surface area contributed by atoms with Crippen molar-refractivity contribution in [3.8, 4) is 11.8 Å². The van der Waals surface area contributed by atoms with E-state index in [0.29, 0.717) is 13.0 Å². The van der Waals surface area contributed by atoms with Crippen LogP contribution in [0.25, 0.3) is 0 Å². The van der Waals surface area contributed by atoms with Gasteiger partial charge in [-0.25, -0.2) is 0 Å². The molecular formula is C13H15BrN2O2. The van der Waals surface area contributed by atoms with E-state index in [0.717, 1.165) is 23.1 Å². The van der Waals surface area contributed by atoms with Crippen LogP contribution in [-0.4, -0.2) is 19.1 Å². The molecule has 0 aliphatic carbocycles. The van der Waals surface area contributed by atoms with Gasteiger partial charge in [-0.05, 0) is 37.1 Å². The Hall–Kier alpha value is -1.54. The van der Waals surface area contributed by atoms with Gasteiger partial charge in [-0.15, -0.1) is 0 Å². The molecule has 0 fully saturated rings. The number of nitrogens with one attached hydrogen (secondary N) is 1. The number of rotatable bonds is 7. The number of nitriles is 1. The number of amides is 1. The molecular weight excluding hydrogens is 296 g/mol. The van der Waals surface area contributed by atoms with Crippen LogP contribution >= 0.6 is 15.9 Å². The molecule has 0 aromatic heterocycles. The van der Waals surface area contributed by atoms with Gasteiger partial charge >= 0.3 is 0 Å². The summed E-state index contributed by atoms with van der Waals surface area (Å²) in [5.74, 6) is 0.743. The molecule has 0 saturated carbocycles. The normalized spacial score (nSPS) is 9.56. The number of unbranched alkanes of at least 4 members (excludes halogenated alkanes) is 1. The van der Waals surface area contributed by atoms with Crippen LogP contribution < -0.4 is 10.1 Å². The van der Waals surface area contributed by atoms with Gasteiger partial charge in [0.15, 0.2) is 0 Å². The highest BCUT2D eigenvalue weighted by molar-refractivity contribution is 9.10. The highest BCUT2D eigenvalue weighted by atomic mass is 79.9. The molecule has 0 atom stereocenters. The lowest BCUT2D eigenvalue weighted by Gasteiger charge is -2.06. The van der Waals surface area contributed by atoms with Gasteiger partial charge < -0.3 is 10.1 Å². The number of halogens is 1. The summed E-state index contributed by atoms with van der Waals surface area (Å²) in [5.41, 5.74) is 0. The van der Waals surface area contributed by atoms with Crippen molar-refractivity contribution < 1.29 is 9.53 Å². The third-order valence-electron chi connectivity index (χ3n) is 2.25. The molecule has 1 aromatic carbocycles. The fraction of sp³-hybridized carbons (Fsp3) is 0.385. The summed E-state index contributed by atoms with van der Waals surface area (Å²) in [6.07, 6.45) is 2.01. The summed E-state index contributed by atoms with van der Waals surface area (Å²) in [6, 6.07) is 9.49. The van der Waals surface area contributed by atoms with Gasteiger partial charge in [0.1, 0.15) is 12.3 Å². The molecule has 1 amide bonds. The number of ether oxygens (including phenoxy) is 1. The average molecular weight is 311 g/mol. The van der Waals surface area contributed by atoms with E-state index >= 15 is 0 Å². The van der Waals surface area contributed by atoms with Crippen molar-refractivity contribution in [1.82, 2.24) is 5.32 Å². The first-order valence-electron chi connectivity index (χ1n) is 5.74. The van der Waals surface area contributed by atoms with Crippen LogP contribution in [0.15, 0.2) is 28.7 Å². The van der Waals surface area contributed by atoms with E-state index in [2.05, 4.69) is 21.2 Å². The Balaban J connectivity index is 2.07. The van der Waals surface area contributed by atoms with Gasteiger partial charge in [0.25, 0.3) is 0 Å². The standard InChI is InChI=1S/C13H15BrN2O2/c14-11-4-6-12(7-5-11)18-10-2-1-3-13(17)16-9-8-15/h4-7H,1-3,9-10H2,(H,16,17). The third-order valence-corrected chi connectivity index (χ3v) is 2.77. The predicted octanol–water partition coefficient (Wildman–Crippen LogP) is 2.64. The number of carbonyl (C=O) groups excluding carboxylic acids is 1. The van der Waals surface area contributed by atoms with Crippen molar-refractivity contribution in [3.63, 3.8) is 0 Å². The summed E-state index contributed by atoms with van der Waals surface area (Å²) < 4.78 is 6.54. The molecule has 1 aromatic rings. The molecule has 18 heavy (non-hydrogen) atoms. The molecule has 1 rings (SSSR count). The fourth-order valence-electron chi connectivity index (χ4n) is 1.33. The molecule has 0 unspecified atom stereocenters. The maximum atomic E-state index is 11.2. The first-order valence-corrected chi connectivity index (χ1v) is 6.53. The van der Waals surface area contributed by atoms with Gasteiger partial charge in [0, 0.05) is 10.9 Å². The minimum absolute atomic E-state index is 0.0776. The van der Waals surface area contributed by atoms with E-state index in [1.54, 1.807) is 0 Å². The number of hydrogen-bond donors (Lipinski definition) is 1. The zero-order valence-corrected chi connectivity index (χ0v) is 11.6. The van der Waals surface area contributed by atoms with Crippen LogP contribution in [0.2, 0.25) is 0 Å². The Kier molecular flexibility index (Phi) is 6.89. The minimum Gasteiger partial charge on any atom is -0.494 e. The van der Waals surface area contributed by atoms with Crippen molar-refractivity contribution in [3.05, 3.63) is 28.7 Å². The molecule has 4 nitrogen and oxygen atoms in total. The summed E-state index contributed by atoms with van der Waals surface area (Å²) in [4.78, 5) is 11.2. The molecule has 0 spiro atoms. The Bertz CT molecular complexity index is 412. The molecule has 1 N–H and O–H groups in total. The van der Waals surface area contributed by atoms with Gasteiger partial charge in [-0.1, -0.05) is 15.9 Å². The maximum absolute atomic E-state index is 11.2. The molecule has 0 aliphatic rings. The second kappa shape index (κ2) is 8.54. The van der Waals surface area contributed by atoms with Crippen LogP contribution in [0, 0.1) is 11.3 Å². The van der Waals surface area contributed by atoms with Gasteiger partial charge in [-0.2, -0.15) is 5.26 Å². The Morgan fingerprint density at radius 3 is 2.72 bits per heavy atom. The Morgan fingerprint density at radius 1 is 1.33 bits per heavy atom. The molecule has 0 radical (unpaired) electrons. The fourth-order valence-corrected chi connectivity index (χ4v) is 1.60. The van der Waals surface area contributed by atoms with Gasteiger partial charge in [0.05, 0.1) is 12.7 Å². The van der Waals surface area contributed by atoms with E-state index in [4.69, 9.17) is 10.00 Å². The van der Waals surface area contributed by atoms with Crippen molar-refractivity contribution in [2.75, 3.05) is 13.2 Å². The number of nitrogens with zero attached hydrogens (tertiary/aromatic N) is 1. The monoisotopic (exact) mass is 310 g/mol. The average Bonchev–Trinajstić information content (AvgIpc) is 2.38. The van der Waals surface area contributed by atoms with Crippen LogP contribution in [0.4, 0.5) is 0 Å². The van der Waals surface area contributed by atoms with Gasteiger partial charge in [0.2, 0.25) is 5.91 Å². The molecule has 5 heteroatoms. The van der Waals surface area contributed by atoms with E-state index in [9.17, 15) is 4.79 Å². The third kappa shape index (κ3) is 6.26. The number of hydrogen-bond acceptors (Lipinski definition) is 3. The van der Waals surface area contributed by atoms with Crippen LogP contribution in [0.1, 0.15) is 19.3 Å². The van der Waals surface area contributed by atoms with E-state index in [1.807, 2.05) is 30.3 Å². The van der Waals surface area contributed by atoms with Crippen LogP contribution in [-0.2, 0) is 4.79 Å². The number of carbonyl (C=O) groups is 1. The summed E-state index contributed by atoms with van der Waals surface area (Å²) in [5, 5.41) is 10.8. The zero-order valence-electron chi connectivity index (χ0n) is 9.99. The second-order valence-electron chi connectivity index (χ2n) is 3.69. The molecule has 0 heterocycles. The molecule has 0 aliphatic heterocycles. The Labute approximate surface area is 115 Å². The smallest absolute Gasteiger partial charge is 0.220 e. The van der Waals surface area contributed by atoms with Crippen LogP contribution in [0.5, 0.6) is 5.75 Å². The highest BCUT2D eigenvalue weighted by Gasteiger charge is 2.00. The SMILES string of the molecule is N#CCNC(=O)CCCCOc1ccc(Br)cc1. The van der Waals surface area contributed by atoms with Crippen LogP contribution in [0.3, 0.4) is 0 Å². The molecule has 96 valence electrons. The van der Waals surface area contributed by atoms with E-state index < -0.39 is 0 Å². The Morgan fingerprint density at radius 2 is 2.06 bits per heavy atom. The summed E-state index contributed by atoms with van der Waals surface area (Å²) >= 11 is 3.35. The van der Waals surface area contributed by atoms with E-state index in [1.165, 1.54) is 0 Å².